The van der Waals surface area contributed by atoms with E-state index >= 15 is 0 Å². The molecule has 0 aromatic heterocycles. The molecule has 0 spiro atoms. The lowest BCUT2D eigenvalue weighted by molar-refractivity contribution is -0.126. The minimum atomic E-state index is -0.240. The fourth-order valence-electron chi connectivity index (χ4n) is 3.58. The van der Waals surface area contributed by atoms with E-state index in [1.807, 2.05) is 6.07 Å². The predicted octanol–water partition coefficient (Wildman–Crippen LogP) is 3.90. The summed E-state index contributed by atoms with van der Waals surface area (Å²) in [7, 11) is 0. The summed E-state index contributed by atoms with van der Waals surface area (Å²) in [5.41, 5.74) is 2.09. The van der Waals surface area contributed by atoms with E-state index in [1.165, 1.54) is 18.4 Å². The van der Waals surface area contributed by atoms with Gasteiger partial charge in [-0.25, -0.2) is 0 Å². The molecule has 1 aliphatic carbocycles. The topological polar surface area (TPSA) is 38.3 Å². The maximum atomic E-state index is 12.5. The lowest BCUT2D eigenvalue weighted by Crippen LogP contribution is -2.42. The van der Waals surface area contributed by atoms with Crippen molar-refractivity contribution in [1.29, 1.82) is 0 Å². The number of carbonyl (C=O) groups is 1. The number of aryl methyl sites for hydroxylation is 1. The molecule has 0 radical (unpaired) electrons. The van der Waals surface area contributed by atoms with Crippen molar-refractivity contribution < 1.29 is 9.53 Å². The van der Waals surface area contributed by atoms with Gasteiger partial charge in [-0.2, -0.15) is 0 Å². The number of nitrogens with one attached hydrogen (secondary N) is 1. The van der Waals surface area contributed by atoms with Crippen LogP contribution < -0.4 is 10.1 Å². The zero-order valence-electron chi connectivity index (χ0n) is 13.2. The first-order chi connectivity index (χ1) is 9.94. The predicted molar refractivity (Wildman–Crippen MR) is 83.3 cm³/mol. The first-order valence-corrected chi connectivity index (χ1v) is 8.04. The maximum Gasteiger partial charge on any atom is 0.223 e. The molecule has 114 valence electrons. The molecule has 1 aliphatic heterocycles. The van der Waals surface area contributed by atoms with Crippen molar-refractivity contribution >= 4 is 5.91 Å². The molecule has 3 rings (SSSR count). The zero-order chi connectivity index (χ0) is 15.0. The van der Waals surface area contributed by atoms with Gasteiger partial charge >= 0.3 is 0 Å². The zero-order valence-corrected chi connectivity index (χ0v) is 13.2. The number of rotatable bonds is 2. The Morgan fingerprint density at radius 2 is 2.00 bits per heavy atom. The molecule has 0 unspecified atom stereocenters. The molecule has 3 heteroatoms. The van der Waals surface area contributed by atoms with E-state index in [2.05, 4.69) is 38.2 Å². The second-order valence-corrected chi connectivity index (χ2v) is 7.15. The van der Waals surface area contributed by atoms with Crippen LogP contribution in [0, 0.1) is 12.8 Å². The van der Waals surface area contributed by atoms with Gasteiger partial charge in [0.15, 0.2) is 0 Å². The second-order valence-electron chi connectivity index (χ2n) is 7.15. The highest BCUT2D eigenvalue weighted by atomic mass is 16.5. The van der Waals surface area contributed by atoms with Crippen molar-refractivity contribution in [2.75, 3.05) is 0 Å². The number of fused-ring (bicyclic) bond motifs is 1. The van der Waals surface area contributed by atoms with Crippen LogP contribution in [0.4, 0.5) is 0 Å². The van der Waals surface area contributed by atoms with Crippen LogP contribution in [0.2, 0.25) is 0 Å². The first kappa shape index (κ1) is 14.4. The van der Waals surface area contributed by atoms with Crippen LogP contribution in [0.1, 0.15) is 63.1 Å². The lowest BCUT2D eigenvalue weighted by atomic mass is 9.88. The summed E-state index contributed by atoms with van der Waals surface area (Å²) in [4.78, 5) is 12.5. The van der Waals surface area contributed by atoms with Gasteiger partial charge in [0.2, 0.25) is 5.91 Å². The Hall–Kier alpha value is -1.51. The van der Waals surface area contributed by atoms with Gasteiger partial charge in [0.05, 0.1) is 6.04 Å². The van der Waals surface area contributed by atoms with Crippen LogP contribution in [-0.2, 0) is 4.79 Å². The Morgan fingerprint density at radius 3 is 2.71 bits per heavy atom. The Balaban J connectivity index is 1.83. The van der Waals surface area contributed by atoms with E-state index in [-0.39, 0.29) is 23.5 Å². The molecular weight excluding hydrogens is 262 g/mol. The normalized spacial score (nSPS) is 24.2. The third-order valence-electron chi connectivity index (χ3n) is 4.67. The smallest absolute Gasteiger partial charge is 0.223 e. The minimum absolute atomic E-state index is 0.0664. The van der Waals surface area contributed by atoms with Gasteiger partial charge in [-0.05, 0) is 39.7 Å². The van der Waals surface area contributed by atoms with Gasteiger partial charge in [0, 0.05) is 17.9 Å². The molecule has 3 nitrogen and oxygen atoms in total. The van der Waals surface area contributed by atoms with E-state index in [0.717, 1.165) is 30.6 Å². The van der Waals surface area contributed by atoms with Gasteiger partial charge < -0.3 is 10.1 Å². The molecule has 21 heavy (non-hydrogen) atoms. The number of carbonyl (C=O) groups excluding carboxylic acids is 1. The summed E-state index contributed by atoms with van der Waals surface area (Å²) < 4.78 is 6.06. The van der Waals surface area contributed by atoms with Gasteiger partial charge in [-0.1, -0.05) is 30.5 Å². The molecule has 1 N–H and O–H groups in total. The summed E-state index contributed by atoms with van der Waals surface area (Å²) >= 11 is 0. The first-order valence-electron chi connectivity index (χ1n) is 8.04. The number of amides is 1. The second kappa shape index (κ2) is 5.36. The highest BCUT2D eigenvalue weighted by molar-refractivity contribution is 5.79. The molecule has 1 fully saturated rings. The van der Waals surface area contributed by atoms with Crippen molar-refractivity contribution in [3.63, 3.8) is 0 Å². The van der Waals surface area contributed by atoms with Gasteiger partial charge in [0.25, 0.3) is 0 Å². The fourth-order valence-corrected chi connectivity index (χ4v) is 3.58. The van der Waals surface area contributed by atoms with E-state index in [0.29, 0.717) is 0 Å². The molecule has 0 saturated heterocycles. The molecule has 1 heterocycles. The fraction of sp³-hybridized carbons (Fsp3) is 0.611. The van der Waals surface area contributed by atoms with E-state index in [4.69, 9.17) is 4.74 Å². The molecule has 1 saturated carbocycles. The Kier molecular flexibility index (Phi) is 3.68. The van der Waals surface area contributed by atoms with Crippen molar-refractivity contribution in [2.24, 2.45) is 5.92 Å². The number of benzene rings is 1. The summed E-state index contributed by atoms with van der Waals surface area (Å²) in [5.74, 6) is 1.35. The number of ether oxygens (including phenoxy) is 1. The van der Waals surface area contributed by atoms with Crippen LogP contribution in [0.15, 0.2) is 18.2 Å². The van der Waals surface area contributed by atoms with Crippen LogP contribution in [0.5, 0.6) is 5.75 Å². The molecule has 1 aromatic carbocycles. The molecule has 0 bridgehead atoms. The standard InChI is InChI=1S/C18H25NO2/c1-12-8-9-16-14(10-12)15(11-18(2,3)21-16)19-17(20)13-6-4-5-7-13/h8-10,13,15H,4-7,11H2,1-3H3,(H,19,20)/t15-/m1/s1. The van der Waals surface area contributed by atoms with Crippen molar-refractivity contribution in [2.45, 2.75) is 64.5 Å². The lowest BCUT2D eigenvalue weighted by Gasteiger charge is -2.38. The number of hydrogen-bond acceptors (Lipinski definition) is 2. The molecule has 2 aliphatic rings. The summed E-state index contributed by atoms with van der Waals surface area (Å²) in [6.07, 6.45) is 5.28. The molecule has 1 aromatic rings. The van der Waals surface area contributed by atoms with Crippen LogP contribution >= 0.6 is 0 Å². The van der Waals surface area contributed by atoms with Gasteiger partial charge in [-0.15, -0.1) is 0 Å². The average Bonchev–Trinajstić information content (AvgIpc) is 2.93. The van der Waals surface area contributed by atoms with Gasteiger partial charge in [0.1, 0.15) is 11.4 Å². The van der Waals surface area contributed by atoms with Crippen molar-refractivity contribution in [3.05, 3.63) is 29.3 Å². The van der Waals surface area contributed by atoms with Gasteiger partial charge in [-0.3, -0.25) is 4.79 Å². The van der Waals surface area contributed by atoms with Crippen molar-refractivity contribution in [1.82, 2.24) is 5.32 Å². The molecular formula is C18H25NO2. The van der Waals surface area contributed by atoms with Crippen LogP contribution in [0.25, 0.3) is 0 Å². The Morgan fingerprint density at radius 1 is 1.29 bits per heavy atom. The summed E-state index contributed by atoms with van der Waals surface area (Å²) in [6, 6.07) is 6.30. The maximum absolute atomic E-state index is 12.5. The number of hydrogen-bond donors (Lipinski definition) is 1. The quantitative estimate of drug-likeness (QED) is 0.895. The van der Waals surface area contributed by atoms with Crippen molar-refractivity contribution in [3.8, 4) is 5.75 Å². The van der Waals surface area contributed by atoms with E-state index in [9.17, 15) is 4.79 Å². The largest absolute Gasteiger partial charge is 0.487 e. The SMILES string of the molecule is Cc1ccc2c(c1)[C@H](NC(=O)C1CCCC1)CC(C)(C)O2. The molecule has 1 atom stereocenters. The minimum Gasteiger partial charge on any atom is -0.487 e. The monoisotopic (exact) mass is 287 g/mol. The Labute approximate surface area is 127 Å². The van der Waals surface area contributed by atoms with E-state index in [1.54, 1.807) is 0 Å². The summed E-state index contributed by atoms with van der Waals surface area (Å²) in [6.45, 7) is 6.25. The van der Waals surface area contributed by atoms with Crippen LogP contribution in [-0.4, -0.2) is 11.5 Å². The average molecular weight is 287 g/mol. The molecule has 1 amide bonds. The van der Waals surface area contributed by atoms with Crippen LogP contribution in [0.3, 0.4) is 0 Å². The third kappa shape index (κ3) is 3.07. The summed E-state index contributed by atoms with van der Waals surface area (Å²) in [5, 5.41) is 3.28. The highest BCUT2D eigenvalue weighted by Gasteiger charge is 2.35. The van der Waals surface area contributed by atoms with E-state index < -0.39 is 0 Å². The third-order valence-corrected chi connectivity index (χ3v) is 4.67. The Bertz CT molecular complexity index is 544. The highest BCUT2D eigenvalue weighted by Crippen LogP contribution is 2.40.